The third kappa shape index (κ3) is 4.30. The third-order valence-corrected chi connectivity index (χ3v) is 5.45. The third-order valence-electron chi connectivity index (χ3n) is 5.45. The first kappa shape index (κ1) is 20.5. The summed E-state index contributed by atoms with van der Waals surface area (Å²) in [5, 5.41) is 10.0. The van der Waals surface area contributed by atoms with E-state index in [1.54, 1.807) is 20.8 Å². The highest BCUT2D eigenvalue weighted by Crippen LogP contribution is 2.43. The smallest absolute Gasteiger partial charge is 0.410 e. The Morgan fingerprint density at radius 2 is 1.77 bits per heavy atom. The molecule has 26 heavy (non-hydrogen) atoms. The summed E-state index contributed by atoms with van der Waals surface area (Å²) in [4.78, 5) is 40.0. The van der Waals surface area contributed by atoms with E-state index in [1.165, 1.54) is 16.8 Å². The molecular formula is C19H32N2O5. The fourth-order valence-electron chi connectivity index (χ4n) is 4.28. The van der Waals surface area contributed by atoms with Crippen molar-refractivity contribution in [2.24, 2.45) is 5.92 Å². The average Bonchev–Trinajstić information content (AvgIpc) is 3.00. The average molecular weight is 368 g/mol. The van der Waals surface area contributed by atoms with Crippen molar-refractivity contribution in [1.82, 2.24) is 9.80 Å². The largest absolute Gasteiger partial charge is 0.479 e. The van der Waals surface area contributed by atoms with Crippen LogP contribution in [0.4, 0.5) is 4.79 Å². The van der Waals surface area contributed by atoms with Crippen LogP contribution in [0.1, 0.15) is 65.7 Å². The van der Waals surface area contributed by atoms with Crippen molar-refractivity contribution in [3.63, 3.8) is 0 Å². The molecule has 1 heterocycles. The first-order chi connectivity index (χ1) is 12.1. The van der Waals surface area contributed by atoms with Gasteiger partial charge in [-0.25, -0.2) is 9.59 Å². The standard InChI is InChI=1S/C19H32N2O5/c1-18(2,3)26-17(25)20(4)13-15(22)21-12-8-11-19(21,16(23)24)14-9-6-5-7-10-14/h14H,5-13H2,1-4H3,(H,23,24)/t19-/m1/s1. The summed E-state index contributed by atoms with van der Waals surface area (Å²) in [6, 6.07) is 0. The number of carbonyl (C=O) groups excluding carboxylic acids is 2. The summed E-state index contributed by atoms with van der Waals surface area (Å²) < 4.78 is 5.28. The molecule has 2 rings (SSSR count). The van der Waals surface area contributed by atoms with Crippen molar-refractivity contribution >= 4 is 18.0 Å². The maximum atomic E-state index is 12.9. The van der Waals surface area contributed by atoms with Crippen LogP contribution in [-0.2, 0) is 14.3 Å². The molecular weight excluding hydrogens is 336 g/mol. The molecule has 0 spiro atoms. The zero-order chi connectivity index (χ0) is 19.5. The van der Waals surface area contributed by atoms with Crippen LogP contribution in [0.15, 0.2) is 0 Å². The molecule has 2 fully saturated rings. The van der Waals surface area contributed by atoms with Gasteiger partial charge in [-0.3, -0.25) is 4.79 Å². The van der Waals surface area contributed by atoms with Gasteiger partial charge in [0.15, 0.2) is 0 Å². The number of carboxylic acids is 1. The topological polar surface area (TPSA) is 87.2 Å². The Morgan fingerprint density at radius 1 is 1.15 bits per heavy atom. The zero-order valence-electron chi connectivity index (χ0n) is 16.4. The number of likely N-dealkylation sites (tertiary alicyclic amines) is 1. The lowest BCUT2D eigenvalue weighted by Gasteiger charge is -2.43. The molecule has 0 unspecified atom stereocenters. The lowest BCUT2D eigenvalue weighted by atomic mass is 9.73. The van der Waals surface area contributed by atoms with Gasteiger partial charge in [0.05, 0.1) is 0 Å². The molecule has 2 amide bonds. The van der Waals surface area contributed by atoms with E-state index in [0.29, 0.717) is 19.4 Å². The number of rotatable bonds is 4. The Bertz CT molecular complexity index is 551. The monoisotopic (exact) mass is 368 g/mol. The van der Waals surface area contributed by atoms with Crippen molar-refractivity contribution in [1.29, 1.82) is 0 Å². The molecule has 1 aliphatic heterocycles. The number of hydrogen-bond acceptors (Lipinski definition) is 4. The Morgan fingerprint density at radius 3 is 2.31 bits per heavy atom. The van der Waals surface area contributed by atoms with Crippen LogP contribution < -0.4 is 0 Å². The van der Waals surface area contributed by atoms with E-state index in [2.05, 4.69) is 0 Å². The van der Waals surface area contributed by atoms with E-state index in [-0.39, 0.29) is 18.4 Å². The lowest BCUT2D eigenvalue weighted by molar-refractivity contribution is -0.162. The highest BCUT2D eigenvalue weighted by molar-refractivity contribution is 5.90. The Kier molecular flexibility index (Phi) is 6.19. The number of amides is 2. The van der Waals surface area contributed by atoms with Crippen LogP contribution in [0.25, 0.3) is 0 Å². The molecule has 148 valence electrons. The van der Waals surface area contributed by atoms with Gasteiger partial charge < -0.3 is 19.6 Å². The predicted molar refractivity (Wildman–Crippen MR) is 96.8 cm³/mol. The summed E-state index contributed by atoms with van der Waals surface area (Å²) in [7, 11) is 1.51. The number of hydrogen-bond donors (Lipinski definition) is 1. The zero-order valence-corrected chi connectivity index (χ0v) is 16.4. The maximum absolute atomic E-state index is 12.9. The number of aliphatic carboxylic acids is 1. The molecule has 1 atom stereocenters. The van der Waals surface area contributed by atoms with Gasteiger partial charge in [-0.2, -0.15) is 0 Å². The molecule has 1 saturated heterocycles. The summed E-state index contributed by atoms with van der Waals surface area (Å²) in [5.74, 6) is -1.23. The van der Waals surface area contributed by atoms with Crippen LogP contribution in [0.2, 0.25) is 0 Å². The van der Waals surface area contributed by atoms with Gasteiger partial charge in [0.2, 0.25) is 5.91 Å². The normalized spacial score (nSPS) is 24.4. The first-order valence-corrected chi connectivity index (χ1v) is 9.56. The second-order valence-corrected chi connectivity index (χ2v) is 8.55. The van der Waals surface area contributed by atoms with Crippen molar-refractivity contribution in [2.75, 3.05) is 20.1 Å². The van der Waals surface area contributed by atoms with E-state index in [0.717, 1.165) is 32.1 Å². The van der Waals surface area contributed by atoms with Crippen LogP contribution in [0.3, 0.4) is 0 Å². The maximum Gasteiger partial charge on any atom is 0.410 e. The summed E-state index contributed by atoms with van der Waals surface area (Å²) >= 11 is 0. The Balaban J connectivity index is 2.12. The molecule has 0 aromatic heterocycles. The van der Waals surface area contributed by atoms with E-state index in [9.17, 15) is 19.5 Å². The second kappa shape index (κ2) is 7.84. The van der Waals surface area contributed by atoms with Gasteiger partial charge in [-0.15, -0.1) is 0 Å². The minimum absolute atomic E-state index is 0.00738. The fourth-order valence-corrected chi connectivity index (χ4v) is 4.28. The van der Waals surface area contributed by atoms with Gasteiger partial charge in [0.25, 0.3) is 0 Å². The van der Waals surface area contributed by atoms with E-state index < -0.39 is 23.2 Å². The van der Waals surface area contributed by atoms with Gasteiger partial charge >= 0.3 is 12.1 Å². The lowest BCUT2D eigenvalue weighted by Crippen LogP contribution is -2.59. The van der Waals surface area contributed by atoms with Crippen LogP contribution in [0, 0.1) is 5.92 Å². The van der Waals surface area contributed by atoms with E-state index >= 15 is 0 Å². The van der Waals surface area contributed by atoms with E-state index in [1.807, 2.05) is 0 Å². The molecule has 2 aliphatic rings. The Hall–Kier alpha value is -1.79. The molecule has 0 aromatic rings. The highest BCUT2D eigenvalue weighted by atomic mass is 16.6. The molecule has 7 heteroatoms. The van der Waals surface area contributed by atoms with Crippen LogP contribution >= 0.6 is 0 Å². The quantitative estimate of drug-likeness (QED) is 0.824. The van der Waals surface area contributed by atoms with Crippen LogP contribution in [-0.4, -0.2) is 64.2 Å². The van der Waals surface area contributed by atoms with E-state index in [4.69, 9.17) is 4.74 Å². The Labute approximate surface area is 155 Å². The van der Waals surface area contributed by atoms with Crippen molar-refractivity contribution in [3.05, 3.63) is 0 Å². The number of ether oxygens (including phenoxy) is 1. The van der Waals surface area contributed by atoms with Crippen molar-refractivity contribution in [2.45, 2.75) is 76.9 Å². The highest BCUT2D eigenvalue weighted by Gasteiger charge is 2.54. The molecule has 1 N–H and O–H groups in total. The summed E-state index contributed by atoms with van der Waals surface area (Å²) in [6.07, 6.45) is 5.44. The molecule has 0 radical (unpaired) electrons. The summed E-state index contributed by atoms with van der Waals surface area (Å²) in [6.45, 7) is 5.55. The van der Waals surface area contributed by atoms with Crippen LogP contribution in [0.5, 0.6) is 0 Å². The fraction of sp³-hybridized carbons (Fsp3) is 0.842. The van der Waals surface area contributed by atoms with Crippen molar-refractivity contribution < 1.29 is 24.2 Å². The number of nitrogens with zero attached hydrogens (tertiary/aromatic N) is 2. The molecule has 1 aliphatic carbocycles. The predicted octanol–water partition coefficient (Wildman–Crippen LogP) is 2.88. The van der Waals surface area contributed by atoms with Gasteiger partial charge in [-0.05, 0) is 52.4 Å². The number of likely N-dealkylation sites (N-methyl/N-ethyl adjacent to an activating group) is 1. The molecule has 0 aromatic carbocycles. The number of carbonyl (C=O) groups is 3. The first-order valence-electron chi connectivity index (χ1n) is 9.56. The summed E-state index contributed by atoms with van der Waals surface area (Å²) in [5.41, 5.74) is -1.76. The van der Waals surface area contributed by atoms with Gasteiger partial charge in [-0.1, -0.05) is 19.3 Å². The van der Waals surface area contributed by atoms with Gasteiger partial charge in [0, 0.05) is 13.6 Å². The SMILES string of the molecule is CN(CC(=O)N1CCC[C@]1(C(=O)O)C1CCCCC1)C(=O)OC(C)(C)C. The minimum atomic E-state index is -1.12. The van der Waals surface area contributed by atoms with Crippen molar-refractivity contribution in [3.8, 4) is 0 Å². The molecule has 1 saturated carbocycles. The number of carboxylic acid groups (broad SMARTS) is 1. The minimum Gasteiger partial charge on any atom is -0.479 e. The van der Waals surface area contributed by atoms with Gasteiger partial charge in [0.1, 0.15) is 17.7 Å². The molecule has 0 bridgehead atoms. The molecule has 7 nitrogen and oxygen atoms in total. The second-order valence-electron chi connectivity index (χ2n) is 8.55.